The van der Waals surface area contributed by atoms with Crippen molar-refractivity contribution in [2.75, 3.05) is 6.61 Å². The lowest BCUT2D eigenvalue weighted by molar-refractivity contribution is 0.281. The minimum absolute atomic E-state index is 0.0657. The van der Waals surface area contributed by atoms with Gasteiger partial charge in [-0.2, -0.15) is 0 Å². The monoisotopic (exact) mass is 190 g/mol. The third-order valence-corrected chi connectivity index (χ3v) is 1.98. The van der Waals surface area contributed by atoms with E-state index in [0.717, 1.165) is 16.7 Å². The fraction of sp³-hybridized carbons (Fsp3) is 0.333. The Balaban J connectivity index is 2.82. The molecule has 0 atom stereocenters. The van der Waals surface area contributed by atoms with Gasteiger partial charge in [0.05, 0.1) is 13.2 Å². The van der Waals surface area contributed by atoms with E-state index in [1.54, 1.807) is 0 Å². The second-order valence-electron chi connectivity index (χ2n) is 3.07. The number of benzene rings is 1. The van der Waals surface area contributed by atoms with Crippen molar-refractivity contribution in [3.05, 3.63) is 34.9 Å². The first-order valence-electron chi connectivity index (χ1n) is 4.58. The molecule has 1 rings (SSSR count). The van der Waals surface area contributed by atoms with Crippen LogP contribution in [-0.4, -0.2) is 16.8 Å². The van der Waals surface area contributed by atoms with Gasteiger partial charge in [0, 0.05) is 12.0 Å². The summed E-state index contributed by atoms with van der Waals surface area (Å²) in [5, 5.41) is 17.5. The first-order chi connectivity index (χ1) is 6.77. The lowest BCUT2D eigenvalue weighted by Crippen LogP contribution is -1.89. The SMILES string of the molecule is Cc1cc(C#CCCO)ccc1CO. The highest BCUT2D eigenvalue weighted by Gasteiger charge is 1.96. The number of aliphatic hydroxyl groups excluding tert-OH is 2. The van der Waals surface area contributed by atoms with Crippen molar-refractivity contribution in [3.63, 3.8) is 0 Å². The topological polar surface area (TPSA) is 40.5 Å². The van der Waals surface area contributed by atoms with Gasteiger partial charge in [-0.05, 0) is 30.2 Å². The predicted octanol–water partition coefficient (Wildman–Crippen LogP) is 1.22. The van der Waals surface area contributed by atoms with Crippen molar-refractivity contribution in [2.45, 2.75) is 20.0 Å². The van der Waals surface area contributed by atoms with E-state index in [1.165, 1.54) is 0 Å². The molecule has 14 heavy (non-hydrogen) atoms. The Morgan fingerprint density at radius 3 is 2.64 bits per heavy atom. The van der Waals surface area contributed by atoms with E-state index in [9.17, 15) is 0 Å². The first-order valence-corrected chi connectivity index (χ1v) is 4.58. The van der Waals surface area contributed by atoms with Crippen molar-refractivity contribution >= 4 is 0 Å². The summed E-state index contributed by atoms with van der Waals surface area (Å²) >= 11 is 0. The second kappa shape index (κ2) is 5.43. The lowest BCUT2D eigenvalue weighted by Gasteiger charge is -2.01. The average Bonchev–Trinajstić information content (AvgIpc) is 2.18. The van der Waals surface area contributed by atoms with Crippen LogP contribution < -0.4 is 0 Å². The molecule has 2 nitrogen and oxygen atoms in total. The number of hydrogen-bond acceptors (Lipinski definition) is 2. The van der Waals surface area contributed by atoms with E-state index in [2.05, 4.69) is 11.8 Å². The normalized spacial score (nSPS) is 9.36. The van der Waals surface area contributed by atoms with Crippen LogP contribution in [0.25, 0.3) is 0 Å². The molecule has 74 valence electrons. The van der Waals surface area contributed by atoms with Crippen molar-refractivity contribution < 1.29 is 10.2 Å². The smallest absolute Gasteiger partial charge is 0.0684 e. The van der Waals surface area contributed by atoms with Gasteiger partial charge >= 0.3 is 0 Å². The Hall–Kier alpha value is -1.30. The first kappa shape index (κ1) is 10.8. The Kier molecular flexibility index (Phi) is 4.18. The van der Waals surface area contributed by atoms with Gasteiger partial charge in [0.15, 0.2) is 0 Å². The highest BCUT2D eigenvalue weighted by atomic mass is 16.3. The molecular formula is C12H14O2. The number of hydrogen-bond donors (Lipinski definition) is 2. The van der Waals surface area contributed by atoms with Gasteiger partial charge in [0.2, 0.25) is 0 Å². The number of aryl methyl sites for hydroxylation is 1. The largest absolute Gasteiger partial charge is 0.395 e. The van der Waals surface area contributed by atoms with Crippen LogP contribution in [0.4, 0.5) is 0 Å². The van der Waals surface area contributed by atoms with E-state index in [0.29, 0.717) is 6.42 Å². The Morgan fingerprint density at radius 1 is 1.29 bits per heavy atom. The molecule has 2 heteroatoms. The zero-order chi connectivity index (χ0) is 10.4. The molecule has 1 aromatic carbocycles. The molecule has 0 saturated heterocycles. The predicted molar refractivity (Wildman–Crippen MR) is 55.7 cm³/mol. The summed E-state index contributed by atoms with van der Waals surface area (Å²) in [5.41, 5.74) is 2.90. The van der Waals surface area contributed by atoms with Crippen LogP contribution >= 0.6 is 0 Å². The van der Waals surface area contributed by atoms with E-state index >= 15 is 0 Å². The fourth-order valence-electron chi connectivity index (χ4n) is 1.17. The summed E-state index contributed by atoms with van der Waals surface area (Å²) in [6, 6.07) is 5.69. The molecule has 0 saturated carbocycles. The molecule has 0 aliphatic rings. The second-order valence-corrected chi connectivity index (χ2v) is 3.07. The van der Waals surface area contributed by atoms with Gasteiger partial charge < -0.3 is 10.2 Å². The van der Waals surface area contributed by atoms with Gasteiger partial charge in [0.25, 0.3) is 0 Å². The standard InChI is InChI=1S/C12H14O2/c1-10-8-11(4-2-3-7-13)5-6-12(10)9-14/h5-6,8,13-14H,3,7,9H2,1H3. The van der Waals surface area contributed by atoms with Crippen LogP contribution in [0.3, 0.4) is 0 Å². The summed E-state index contributed by atoms with van der Waals surface area (Å²) in [6.45, 7) is 2.11. The summed E-state index contributed by atoms with van der Waals surface area (Å²) in [6.07, 6.45) is 0.501. The van der Waals surface area contributed by atoms with Crippen LogP contribution in [0, 0.1) is 18.8 Å². The third kappa shape index (κ3) is 2.88. The summed E-state index contributed by atoms with van der Waals surface area (Å²) in [7, 11) is 0. The van der Waals surface area contributed by atoms with Crippen LogP contribution in [0.2, 0.25) is 0 Å². The molecule has 0 spiro atoms. The van der Waals surface area contributed by atoms with Gasteiger partial charge in [0.1, 0.15) is 0 Å². The van der Waals surface area contributed by atoms with Crippen LogP contribution in [0.1, 0.15) is 23.1 Å². The molecule has 0 aliphatic heterocycles. The van der Waals surface area contributed by atoms with Gasteiger partial charge in [-0.3, -0.25) is 0 Å². The van der Waals surface area contributed by atoms with Gasteiger partial charge in [-0.25, -0.2) is 0 Å². The molecule has 0 radical (unpaired) electrons. The minimum Gasteiger partial charge on any atom is -0.395 e. The summed E-state index contributed by atoms with van der Waals surface area (Å²) in [5.74, 6) is 5.80. The Bertz CT molecular complexity index is 358. The molecule has 0 bridgehead atoms. The maximum absolute atomic E-state index is 8.95. The lowest BCUT2D eigenvalue weighted by atomic mass is 10.1. The summed E-state index contributed by atoms with van der Waals surface area (Å²) in [4.78, 5) is 0. The van der Waals surface area contributed by atoms with E-state index < -0.39 is 0 Å². The third-order valence-electron chi connectivity index (χ3n) is 1.98. The van der Waals surface area contributed by atoms with Crippen molar-refractivity contribution in [1.82, 2.24) is 0 Å². The zero-order valence-electron chi connectivity index (χ0n) is 8.25. The zero-order valence-corrected chi connectivity index (χ0v) is 8.25. The molecule has 0 aromatic heterocycles. The molecule has 0 amide bonds. The number of aliphatic hydroxyl groups is 2. The number of rotatable bonds is 2. The molecule has 0 fully saturated rings. The molecule has 2 N–H and O–H groups in total. The van der Waals surface area contributed by atoms with Gasteiger partial charge in [-0.1, -0.05) is 17.9 Å². The van der Waals surface area contributed by atoms with Crippen molar-refractivity contribution in [1.29, 1.82) is 0 Å². The van der Waals surface area contributed by atoms with Crippen LogP contribution in [0.5, 0.6) is 0 Å². The van der Waals surface area contributed by atoms with E-state index in [4.69, 9.17) is 10.2 Å². The molecule has 1 aromatic rings. The van der Waals surface area contributed by atoms with Crippen LogP contribution in [-0.2, 0) is 6.61 Å². The van der Waals surface area contributed by atoms with Crippen molar-refractivity contribution in [2.24, 2.45) is 0 Å². The quantitative estimate of drug-likeness (QED) is 0.688. The highest BCUT2D eigenvalue weighted by molar-refractivity contribution is 5.40. The Labute approximate surface area is 84.2 Å². The maximum atomic E-state index is 8.95. The molecular weight excluding hydrogens is 176 g/mol. The molecule has 0 unspecified atom stereocenters. The average molecular weight is 190 g/mol. The molecule has 0 heterocycles. The minimum atomic E-state index is 0.0657. The van der Waals surface area contributed by atoms with Crippen LogP contribution in [0.15, 0.2) is 18.2 Å². The van der Waals surface area contributed by atoms with Crippen molar-refractivity contribution in [3.8, 4) is 11.8 Å². The molecule has 0 aliphatic carbocycles. The highest BCUT2D eigenvalue weighted by Crippen LogP contribution is 2.10. The van der Waals surface area contributed by atoms with E-state index in [-0.39, 0.29) is 13.2 Å². The Morgan fingerprint density at radius 2 is 2.07 bits per heavy atom. The maximum Gasteiger partial charge on any atom is 0.0684 e. The summed E-state index contributed by atoms with van der Waals surface area (Å²) < 4.78 is 0. The van der Waals surface area contributed by atoms with E-state index in [1.807, 2.05) is 25.1 Å². The fourth-order valence-corrected chi connectivity index (χ4v) is 1.17. The van der Waals surface area contributed by atoms with Gasteiger partial charge in [-0.15, -0.1) is 0 Å².